The van der Waals surface area contributed by atoms with E-state index in [1.54, 1.807) is 36.4 Å². The second-order valence-corrected chi connectivity index (χ2v) is 6.98. The van der Waals surface area contributed by atoms with Crippen molar-refractivity contribution in [3.63, 3.8) is 0 Å². The van der Waals surface area contributed by atoms with Gasteiger partial charge in [-0.15, -0.1) is 0 Å². The molecule has 0 spiro atoms. The number of hydrogen-bond donors (Lipinski definition) is 1. The van der Waals surface area contributed by atoms with Crippen molar-refractivity contribution in [1.29, 1.82) is 0 Å². The highest BCUT2D eigenvalue weighted by atomic mass is 79.9. The fraction of sp³-hybridized carbons (Fsp3) is 0. The van der Waals surface area contributed by atoms with Crippen LogP contribution in [0.15, 0.2) is 71.2 Å². The summed E-state index contributed by atoms with van der Waals surface area (Å²) in [7, 11) is 0. The molecule has 7 heteroatoms. The molecule has 0 saturated carbocycles. The van der Waals surface area contributed by atoms with Crippen LogP contribution in [0.1, 0.15) is 31.1 Å². The molecule has 0 fully saturated rings. The number of rotatable bonds is 4. The van der Waals surface area contributed by atoms with Gasteiger partial charge in [-0.05, 0) is 66.7 Å². The summed E-state index contributed by atoms with van der Waals surface area (Å²) >= 11 is 3.33. The Bertz CT molecular complexity index is 1110. The van der Waals surface area contributed by atoms with Gasteiger partial charge in [-0.25, -0.2) is 9.69 Å². The molecule has 0 aromatic heterocycles. The number of benzene rings is 3. The van der Waals surface area contributed by atoms with Crippen molar-refractivity contribution in [2.24, 2.45) is 0 Å². The van der Waals surface area contributed by atoms with Gasteiger partial charge in [0.25, 0.3) is 11.8 Å². The highest BCUT2D eigenvalue weighted by molar-refractivity contribution is 9.10. The zero-order valence-corrected chi connectivity index (χ0v) is 15.8. The maximum atomic E-state index is 12.8. The van der Waals surface area contributed by atoms with Crippen LogP contribution in [-0.4, -0.2) is 22.9 Å². The molecule has 1 heterocycles. The van der Waals surface area contributed by atoms with E-state index in [0.29, 0.717) is 22.7 Å². The SMILES string of the molecule is O=C(O)c1ccc(Oc2ccc3c(c2)C(=O)N(c2ccc(Br)cc2)C3=O)cc1. The van der Waals surface area contributed by atoms with Gasteiger partial charge < -0.3 is 9.84 Å². The Morgan fingerprint density at radius 2 is 1.43 bits per heavy atom. The molecule has 3 aromatic rings. The number of nitrogens with zero attached hydrogens (tertiary/aromatic N) is 1. The number of fused-ring (bicyclic) bond motifs is 1. The molecule has 0 atom stereocenters. The lowest BCUT2D eigenvalue weighted by Crippen LogP contribution is -2.29. The van der Waals surface area contributed by atoms with Crippen molar-refractivity contribution in [1.82, 2.24) is 0 Å². The topological polar surface area (TPSA) is 83.9 Å². The number of carboxylic acid groups (broad SMARTS) is 1. The van der Waals surface area contributed by atoms with Crippen molar-refractivity contribution in [2.45, 2.75) is 0 Å². The van der Waals surface area contributed by atoms with Gasteiger partial charge in [0.05, 0.1) is 22.4 Å². The zero-order chi connectivity index (χ0) is 19.8. The minimum atomic E-state index is -1.03. The lowest BCUT2D eigenvalue weighted by Gasteiger charge is -2.13. The van der Waals surface area contributed by atoms with Gasteiger partial charge in [-0.3, -0.25) is 9.59 Å². The Labute approximate surface area is 168 Å². The first-order chi connectivity index (χ1) is 13.4. The summed E-state index contributed by atoms with van der Waals surface area (Å²) in [6.07, 6.45) is 0. The summed E-state index contributed by atoms with van der Waals surface area (Å²) in [6, 6.07) is 17.5. The zero-order valence-electron chi connectivity index (χ0n) is 14.3. The molecule has 0 bridgehead atoms. The van der Waals surface area contributed by atoms with E-state index in [-0.39, 0.29) is 17.0 Å². The normalized spacial score (nSPS) is 12.8. The van der Waals surface area contributed by atoms with E-state index >= 15 is 0 Å². The molecular weight excluding hydrogens is 426 g/mol. The van der Waals surface area contributed by atoms with Gasteiger partial charge in [-0.2, -0.15) is 0 Å². The van der Waals surface area contributed by atoms with Gasteiger partial charge in [-0.1, -0.05) is 15.9 Å². The third-order valence-electron chi connectivity index (χ3n) is 4.28. The quantitative estimate of drug-likeness (QED) is 0.595. The Balaban J connectivity index is 1.61. The van der Waals surface area contributed by atoms with Gasteiger partial charge in [0.15, 0.2) is 0 Å². The van der Waals surface area contributed by atoms with Crippen LogP contribution < -0.4 is 9.64 Å². The molecule has 6 nitrogen and oxygen atoms in total. The van der Waals surface area contributed by atoms with Gasteiger partial charge in [0.1, 0.15) is 11.5 Å². The lowest BCUT2D eigenvalue weighted by molar-refractivity contribution is 0.0696. The Kier molecular flexibility index (Phi) is 4.44. The number of imide groups is 1. The molecule has 0 aliphatic carbocycles. The maximum Gasteiger partial charge on any atom is 0.335 e. The molecule has 4 rings (SSSR count). The third-order valence-corrected chi connectivity index (χ3v) is 4.81. The molecule has 0 unspecified atom stereocenters. The Morgan fingerprint density at radius 1 is 0.821 bits per heavy atom. The van der Waals surface area contributed by atoms with E-state index in [0.717, 1.165) is 9.37 Å². The van der Waals surface area contributed by atoms with Crippen molar-refractivity contribution >= 4 is 39.4 Å². The number of carbonyl (C=O) groups is 3. The minimum Gasteiger partial charge on any atom is -0.478 e. The van der Waals surface area contributed by atoms with E-state index in [4.69, 9.17) is 9.84 Å². The van der Waals surface area contributed by atoms with E-state index in [1.807, 2.05) is 0 Å². The van der Waals surface area contributed by atoms with Crippen LogP contribution >= 0.6 is 15.9 Å². The first-order valence-corrected chi connectivity index (χ1v) is 9.03. The van der Waals surface area contributed by atoms with Crippen LogP contribution in [0.25, 0.3) is 0 Å². The largest absolute Gasteiger partial charge is 0.478 e. The fourth-order valence-electron chi connectivity index (χ4n) is 2.91. The average Bonchev–Trinajstić information content (AvgIpc) is 2.93. The third kappa shape index (κ3) is 3.16. The standard InChI is InChI=1S/C21H12BrNO5/c22-13-3-5-14(6-4-13)23-19(24)17-10-9-16(11-18(17)20(23)25)28-15-7-1-12(2-8-15)21(26)27/h1-11H,(H,26,27). The Morgan fingerprint density at radius 3 is 2.07 bits per heavy atom. The second kappa shape index (κ2) is 6.94. The van der Waals surface area contributed by atoms with Crippen LogP contribution in [0.5, 0.6) is 11.5 Å². The van der Waals surface area contributed by atoms with Crippen molar-refractivity contribution in [3.05, 3.63) is 87.9 Å². The first kappa shape index (κ1) is 17.9. The van der Waals surface area contributed by atoms with Gasteiger partial charge >= 0.3 is 5.97 Å². The summed E-state index contributed by atoms with van der Waals surface area (Å²) in [5.74, 6) is -1.04. The molecule has 138 valence electrons. The molecular formula is C21H12BrNO5. The van der Waals surface area contributed by atoms with Gasteiger partial charge in [0, 0.05) is 4.47 Å². The lowest BCUT2D eigenvalue weighted by atomic mass is 10.1. The fourth-order valence-corrected chi connectivity index (χ4v) is 3.17. The molecule has 0 radical (unpaired) electrons. The molecule has 28 heavy (non-hydrogen) atoms. The number of carboxylic acids is 1. The monoisotopic (exact) mass is 437 g/mol. The minimum absolute atomic E-state index is 0.146. The predicted octanol–water partition coefficient (Wildman–Crippen LogP) is 4.74. The number of carbonyl (C=O) groups excluding carboxylic acids is 2. The number of halogens is 1. The first-order valence-electron chi connectivity index (χ1n) is 8.23. The van der Waals surface area contributed by atoms with Crippen LogP contribution in [0.3, 0.4) is 0 Å². The van der Waals surface area contributed by atoms with Crippen molar-refractivity contribution in [2.75, 3.05) is 4.90 Å². The number of ether oxygens (including phenoxy) is 1. The van der Waals surface area contributed by atoms with E-state index in [9.17, 15) is 14.4 Å². The number of hydrogen-bond acceptors (Lipinski definition) is 4. The van der Waals surface area contributed by atoms with Crippen molar-refractivity contribution in [3.8, 4) is 11.5 Å². The summed E-state index contributed by atoms with van der Waals surface area (Å²) in [5.41, 5.74) is 1.20. The van der Waals surface area contributed by atoms with Crippen LogP contribution in [0, 0.1) is 0 Å². The molecule has 2 amide bonds. The highest BCUT2D eigenvalue weighted by Gasteiger charge is 2.37. The summed E-state index contributed by atoms with van der Waals surface area (Å²) < 4.78 is 6.54. The van der Waals surface area contributed by atoms with Crippen LogP contribution in [0.4, 0.5) is 5.69 Å². The number of amides is 2. The summed E-state index contributed by atoms with van der Waals surface area (Å²) in [4.78, 5) is 37.5. The summed E-state index contributed by atoms with van der Waals surface area (Å²) in [5, 5.41) is 8.94. The van der Waals surface area contributed by atoms with Crippen LogP contribution in [0.2, 0.25) is 0 Å². The Hall–Kier alpha value is -3.45. The molecule has 1 N–H and O–H groups in total. The molecule has 3 aromatic carbocycles. The molecule has 1 aliphatic rings. The highest BCUT2D eigenvalue weighted by Crippen LogP contribution is 2.32. The molecule has 0 saturated heterocycles. The van der Waals surface area contributed by atoms with Crippen LogP contribution in [-0.2, 0) is 0 Å². The van der Waals surface area contributed by atoms with E-state index < -0.39 is 11.9 Å². The smallest absolute Gasteiger partial charge is 0.335 e. The average molecular weight is 438 g/mol. The van der Waals surface area contributed by atoms with Crippen molar-refractivity contribution < 1.29 is 24.2 Å². The summed E-state index contributed by atoms with van der Waals surface area (Å²) in [6.45, 7) is 0. The number of anilines is 1. The maximum absolute atomic E-state index is 12.8. The van der Waals surface area contributed by atoms with E-state index in [2.05, 4.69) is 15.9 Å². The predicted molar refractivity (Wildman–Crippen MR) is 105 cm³/mol. The van der Waals surface area contributed by atoms with E-state index in [1.165, 1.54) is 30.3 Å². The number of aromatic carboxylic acids is 1. The second-order valence-electron chi connectivity index (χ2n) is 6.06. The molecule has 1 aliphatic heterocycles. The van der Waals surface area contributed by atoms with Gasteiger partial charge in [0.2, 0.25) is 0 Å².